The molecule has 0 amide bonds. The van der Waals surface area contributed by atoms with Crippen LogP contribution in [0.3, 0.4) is 0 Å². The van der Waals surface area contributed by atoms with Crippen LogP contribution in [0.15, 0.2) is 0 Å². The van der Waals surface area contributed by atoms with E-state index in [0.717, 1.165) is 32.1 Å². The third-order valence-corrected chi connectivity index (χ3v) is 8.73. The minimum atomic E-state index is -3.57. The molecule has 0 unspecified atom stereocenters. The summed E-state index contributed by atoms with van der Waals surface area (Å²) >= 11 is 0. The average molecular weight is 386 g/mol. The van der Waals surface area contributed by atoms with Crippen LogP contribution >= 0.6 is 0 Å². The van der Waals surface area contributed by atoms with Crippen molar-refractivity contribution in [1.29, 1.82) is 0 Å². The van der Waals surface area contributed by atoms with Crippen LogP contribution in [0.4, 0.5) is 13.2 Å². The molecule has 3 nitrogen and oxygen atoms in total. The first-order valence-corrected chi connectivity index (χ1v) is 10.2. The molecule has 6 heteroatoms. The minimum absolute atomic E-state index is 0.00243. The first kappa shape index (κ1) is 19.3. The van der Waals surface area contributed by atoms with E-state index in [0.29, 0.717) is 12.3 Å². The number of ether oxygens (including phenoxy) is 1. The smallest absolute Gasteiger partial charge is 0.308 e. The SMILES string of the molecule is CC(=O)O[C@H]1CC[C@H]2[C@@H]3CC[C@@H]4[C@@H](F)C(=O)C(F)(F)C[C@]4(C)[C@H]3CC[C@]12C. The summed E-state index contributed by atoms with van der Waals surface area (Å²) in [6.45, 7) is 5.39. The van der Waals surface area contributed by atoms with Crippen LogP contribution in [-0.2, 0) is 14.3 Å². The molecule has 0 heterocycles. The molecule has 4 aliphatic rings. The fourth-order valence-electron chi connectivity index (χ4n) is 7.52. The van der Waals surface area contributed by atoms with Gasteiger partial charge in [-0.1, -0.05) is 13.8 Å². The highest BCUT2D eigenvalue weighted by molar-refractivity contribution is 5.91. The molecule has 4 aliphatic carbocycles. The summed E-state index contributed by atoms with van der Waals surface area (Å²) in [5.41, 5.74) is -0.973. The lowest BCUT2D eigenvalue weighted by Gasteiger charge is -2.61. The minimum Gasteiger partial charge on any atom is -0.462 e. The van der Waals surface area contributed by atoms with Gasteiger partial charge >= 0.3 is 11.9 Å². The van der Waals surface area contributed by atoms with Gasteiger partial charge in [-0.2, -0.15) is 8.78 Å². The highest BCUT2D eigenvalue weighted by atomic mass is 19.3. The summed E-state index contributed by atoms with van der Waals surface area (Å²) in [6, 6.07) is 0. The van der Waals surface area contributed by atoms with Crippen molar-refractivity contribution in [3.63, 3.8) is 0 Å². The quantitative estimate of drug-likeness (QED) is 0.612. The highest BCUT2D eigenvalue weighted by Gasteiger charge is 2.67. The topological polar surface area (TPSA) is 43.4 Å². The van der Waals surface area contributed by atoms with Crippen LogP contribution in [-0.4, -0.2) is 30.0 Å². The van der Waals surface area contributed by atoms with Gasteiger partial charge in [0.25, 0.3) is 0 Å². The molecule has 0 aliphatic heterocycles. The molecule has 0 aromatic rings. The fraction of sp³-hybridized carbons (Fsp3) is 0.905. The second-order valence-electron chi connectivity index (χ2n) is 9.93. The lowest BCUT2D eigenvalue weighted by molar-refractivity contribution is -0.199. The van der Waals surface area contributed by atoms with Crippen molar-refractivity contribution in [3.8, 4) is 0 Å². The van der Waals surface area contributed by atoms with Crippen molar-refractivity contribution >= 4 is 11.8 Å². The summed E-state index contributed by atoms with van der Waals surface area (Å²) in [5.74, 6) is -5.40. The summed E-state index contributed by atoms with van der Waals surface area (Å²) in [6.07, 6.45) is 1.84. The van der Waals surface area contributed by atoms with Crippen LogP contribution in [0, 0.1) is 34.5 Å². The third-order valence-electron chi connectivity index (χ3n) is 8.73. The largest absolute Gasteiger partial charge is 0.462 e. The number of esters is 1. The molecule has 4 rings (SSSR count). The Kier molecular flexibility index (Phi) is 4.25. The maximum atomic E-state index is 14.7. The molecule has 4 fully saturated rings. The standard InChI is InChI=1S/C21H29F3O3/c1-11(25)27-16-7-6-13-12-4-5-15-17(22)18(26)21(23,24)10-20(15,3)14(12)8-9-19(13,16)2/h12-17H,4-10H2,1-3H3/t12-,13-,14-,15+,16-,17+,19-,20+/m0/s1. The second-order valence-corrected chi connectivity index (χ2v) is 9.93. The van der Waals surface area contributed by atoms with Crippen molar-refractivity contribution in [3.05, 3.63) is 0 Å². The van der Waals surface area contributed by atoms with Gasteiger partial charge in [0, 0.05) is 24.7 Å². The zero-order valence-electron chi connectivity index (χ0n) is 16.3. The molecule has 0 spiro atoms. The van der Waals surface area contributed by atoms with Crippen molar-refractivity contribution < 1.29 is 27.5 Å². The van der Waals surface area contributed by atoms with E-state index in [9.17, 15) is 22.8 Å². The summed E-state index contributed by atoms with van der Waals surface area (Å²) in [7, 11) is 0. The van der Waals surface area contributed by atoms with E-state index in [-0.39, 0.29) is 29.3 Å². The summed E-state index contributed by atoms with van der Waals surface area (Å²) in [4.78, 5) is 23.3. The molecular formula is C21H29F3O3. The van der Waals surface area contributed by atoms with Gasteiger partial charge in [-0.05, 0) is 61.7 Å². The summed E-state index contributed by atoms with van der Waals surface area (Å²) in [5, 5.41) is 0. The fourth-order valence-corrected chi connectivity index (χ4v) is 7.52. The van der Waals surface area contributed by atoms with Crippen molar-refractivity contribution in [1.82, 2.24) is 0 Å². The van der Waals surface area contributed by atoms with Gasteiger partial charge in [-0.15, -0.1) is 0 Å². The van der Waals surface area contributed by atoms with E-state index in [4.69, 9.17) is 4.74 Å². The number of carbonyl (C=O) groups is 2. The van der Waals surface area contributed by atoms with Crippen LogP contribution in [0.5, 0.6) is 0 Å². The Labute approximate surface area is 158 Å². The van der Waals surface area contributed by atoms with E-state index < -0.39 is 35.6 Å². The second kappa shape index (κ2) is 5.96. The molecule has 4 saturated carbocycles. The zero-order chi connectivity index (χ0) is 19.8. The molecule has 8 atom stereocenters. The Morgan fingerprint density at radius 3 is 2.30 bits per heavy atom. The zero-order valence-corrected chi connectivity index (χ0v) is 16.3. The molecule has 0 radical (unpaired) electrons. The van der Waals surface area contributed by atoms with Gasteiger partial charge < -0.3 is 4.74 Å². The van der Waals surface area contributed by atoms with Gasteiger partial charge in [0.05, 0.1) is 0 Å². The molecule has 152 valence electrons. The van der Waals surface area contributed by atoms with E-state index in [2.05, 4.69) is 6.92 Å². The number of ketones is 1. The molecule has 0 aromatic heterocycles. The summed E-state index contributed by atoms with van der Waals surface area (Å²) < 4.78 is 48.9. The molecule has 27 heavy (non-hydrogen) atoms. The number of hydrogen-bond acceptors (Lipinski definition) is 3. The molecule has 0 N–H and O–H groups in total. The van der Waals surface area contributed by atoms with Crippen molar-refractivity contribution in [2.45, 2.75) is 83.9 Å². The Balaban J connectivity index is 1.64. The third kappa shape index (κ3) is 2.61. The lowest BCUT2D eigenvalue weighted by Crippen LogP contribution is -2.61. The van der Waals surface area contributed by atoms with E-state index in [1.807, 2.05) is 0 Å². The van der Waals surface area contributed by atoms with Gasteiger partial charge in [0.1, 0.15) is 6.10 Å². The lowest BCUT2D eigenvalue weighted by atomic mass is 9.44. The van der Waals surface area contributed by atoms with Gasteiger partial charge in [-0.25, -0.2) is 4.39 Å². The first-order chi connectivity index (χ1) is 12.5. The number of hydrogen-bond donors (Lipinski definition) is 0. The maximum absolute atomic E-state index is 14.7. The van der Waals surface area contributed by atoms with Crippen LogP contribution in [0.25, 0.3) is 0 Å². The monoisotopic (exact) mass is 386 g/mol. The first-order valence-electron chi connectivity index (χ1n) is 10.2. The van der Waals surface area contributed by atoms with E-state index >= 15 is 0 Å². The number of carbonyl (C=O) groups excluding carboxylic acids is 2. The number of halogens is 3. The highest BCUT2D eigenvalue weighted by Crippen LogP contribution is 2.67. The predicted molar refractivity (Wildman–Crippen MR) is 92.9 cm³/mol. The van der Waals surface area contributed by atoms with Crippen LogP contribution < -0.4 is 0 Å². The molecule has 0 saturated heterocycles. The van der Waals surface area contributed by atoms with Crippen LogP contribution in [0.1, 0.15) is 65.7 Å². The Hall–Kier alpha value is -1.07. The maximum Gasteiger partial charge on any atom is 0.308 e. The Morgan fingerprint density at radius 2 is 1.63 bits per heavy atom. The van der Waals surface area contributed by atoms with E-state index in [1.54, 1.807) is 6.92 Å². The predicted octanol–water partition coefficient (Wildman–Crippen LogP) is 4.72. The van der Waals surface area contributed by atoms with Crippen LogP contribution in [0.2, 0.25) is 0 Å². The number of rotatable bonds is 1. The van der Waals surface area contributed by atoms with Crippen molar-refractivity contribution in [2.75, 3.05) is 0 Å². The number of Topliss-reactive ketones (excluding diaryl/α,β-unsaturated/α-hetero) is 1. The number of alkyl halides is 3. The molecule has 0 aromatic carbocycles. The Bertz CT molecular complexity index is 665. The average Bonchev–Trinajstić information content (AvgIpc) is 2.88. The normalized spacial score (nSPS) is 51.1. The van der Waals surface area contributed by atoms with E-state index in [1.165, 1.54) is 6.92 Å². The van der Waals surface area contributed by atoms with Gasteiger partial charge in [0.15, 0.2) is 6.17 Å². The molecule has 0 bridgehead atoms. The van der Waals surface area contributed by atoms with Crippen molar-refractivity contribution in [2.24, 2.45) is 34.5 Å². The van der Waals surface area contributed by atoms with Gasteiger partial charge in [-0.3, -0.25) is 9.59 Å². The molecular weight excluding hydrogens is 357 g/mol. The Morgan fingerprint density at radius 1 is 1.00 bits per heavy atom. The van der Waals surface area contributed by atoms with Gasteiger partial charge in [0.2, 0.25) is 5.78 Å². The number of fused-ring (bicyclic) bond motifs is 5.